The van der Waals surface area contributed by atoms with Crippen LogP contribution in [0.15, 0.2) is 54.1 Å². The topological polar surface area (TPSA) is 66.5 Å². The van der Waals surface area contributed by atoms with Crippen molar-refractivity contribution in [2.45, 2.75) is 13.3 Å². The number of halogens is 1. The molecule has 2 aromatic carbocycles. The number of anilines is 1. The molecule has 1 saturated heterocycles. The number of nitrogens with zero attached hydrogens (tertiary/aromatic N) is 1. The van der Waals surface area contributed by atoms with Gasteiger partial charge in [0.05, 0.1) is 5.69 Å². The van der Waals surface area contributed by atoms with Crippen LogP contribution in [-0.2, 0) is 16.0 Å². The van der Waals surface area contributed by atoms with Crippen molar-refractivity contribution < 1.29 is 18.8 Å². The minimum absolute atomic E-state index is 0.0941. The van der Waals surface area contributed by atoms with Gasteiger partial charge >= 0.3 is 6.03 Å². The Hall–Kier alpha value is -3.28. The molecule has 5 nitrogen and oxygen atoms in total. The highest BCUT2D eigenvalue weighted by atomic mass is 19.1. The van der Waals surface area contributed by atoms with Gasteiger partial charge in [-0.1, -0.05) is 37.3 Å². The molecule has 0 saturated carbocycles. The number of nitrogens with one attached hydrogen (secondary N) is 1. The average Bonchev–Trinajstić information content (AvgIpc) is 2.60. The number of hydrogen-bond donors (Lipinski definition) is 1. The van der Waals surface area contributed by atoms with Gasteiger partial charge in [-0.2, -0.15) is 0 Å². The molecule has 1 fully saturated rings. The number of barbiturate groups is 1. The predicted octanol–water partition coefficient (Wildman–Crippen LogP) is 3.05. The van der Waals surface area contributed by atoms with Crippen LogP contribution in [0.3, 0.4) is 0 Å². The predicted molar refractivity (Wildman–Crippen MR) is 91.2 cm³/mol. The van der Waals surface area contributed by atoms with Gasteiger partial charge < -0.3 is 0 Å². The van der Waals surface area contributed by atoms with E-state index in [2.05, 4.69) is 5.32 Å². The van der Waals surface area contributed by atoms with E-state index in [4.69, 9.17) is 0 Å². The van der Waals surface area contributed by atoms with Crippen molar-refractivity contribution >= 4 is 29.6 Å². The van der Waals surface area contributed by atoms with Crippen LogP contribution in [0.25, 0.3) is 6.08 Å². The Bertz CT molecular complexity index is 888. The van der Waals surface area contributed by atoms with Crippen LogP contribution in [0.5, 0.6) is 0 Å². The number of amides is 4. The summed E-state index contributed by atoms with van der Waals surface area (Å²) in [5.74, 6) is -2.20. The monoisotopic (exact) mass is 338 g/mol. The summed E-state index contributed by atoms with van der Waals surface area (Å²) in [4.78, 5) is 37.7. The number of benzene rings is 2. The Kier molecular flexibility index (Phi) is 4.43. The fourth-order valence-electron chi connectivity index (χ4n) is 2.52. The van der Waals surface area contributed by atoms with Crippen molar-refractivity contribution in [1.29, 1.82) is 0 Å². The lowest BCUT2D eigenvalue weighted by molar-refractivity contribution is -0.122. The van der Waals surface area contributed by atoms with E-state index in [1.807, 2.05) is 6.92 Å². The third kappa shape index (κ3) is 3.19. The Labute approximate surface area is 143 Å². The average molecular weight is 338 g/mol. The SMILES string of the molecule is CCc1ccc(N2C(=O)NC(=O)/C(=C/c3ccccc3F)C2=O)cc1. The molecule has 1 aliphatic rings. The Morgan fingerprint density at radius 2 is 1.72 bits per heavy atom. The smallest absolute Gasteiger partial charge is 0.273 e. The van der Waals surface area contributed by atoms with Gasteiger partial charge in [0.25, 0.3) is 11.8 Å². The maximum Gasteiger partial charge on any atom is 0.335 e. The van der Waals surface area contributed by atoms with E-state index in [1.165, 1.54) is 18.2 Å². The van der Waals surface area contributed by atoms with Crippen LogP contribution in [0.1, 0.15) is 18.1 Å². The molecule has 0 radical (unpaired) electrons. The number of rotatable bonds is 3. The first kappa shape index (κ1) is 16.6. The van der Waals surface area contributed by atoms with E-state index in [0.717, 1.165) is 23.0 Å². The number of imide groups is 2. The highest BCUT2D eigenvalue weighted by Crippen LogP contribution is 2.23. The van der Waals surface area contributed by atoms with Crippen LogP contribution in [0, 0.1) is 5.82 Å². The summed E-state index contributed by atoms with van der Waals surface area (Å²) >= 11 is 0. The quantitative estimate of drug-likeness (QED) is 0.691. The molecule has 25 heavy (non-hydrogen) atoms. The van der Waals surface area contributed by atoms with E-state index < -0.39 is 23.7 Å². The molecule has 126 valence electrons. The zero-order chi connectivity index (χ0) is 18.0. The van der Waals surface area contributed by atoms with Gasteiger partial charge in [0.1, 0.15) is 11.4 Å². The second kappa shape index (κ2) is 6.68. The van der Waals surface area contributed by atoms with Gasteiger partial charge in [-0.05, 0) is 36.3 Å². The van der Waals surface area contributed by atoms with Crippen molar-refractivity contribution in [1.82, 2.24) is 5.32 Å². The van der Waals surface area contributed by atoms with E-state index in [-0.39, 0.29) is 11.1 Å². The molecular weight excluding hydrogens is 323 g/mol. The first-order valence-electron chi connectivity index (χ1n) is 7.76. The number of aryl methyl sites for hydroxylation is 1. The van der Waals surface area contributed by atoms with Crippen molar-refractivity contribution in [3.05, 3.63) is 71.0 Å². The highest BCUT2D eigenvalue weighted by molar-refractivity contribution is 6.39. The standard InChI is InChI=1S/C19H15FN2O3/c1-2-12-7-9-14(10-8-12)22-18(24)15(17(23)21-19(22)25)11-13-5-3-4-6-16(13)20/h3-11H,2H2,1H3,(H,21,23,25)/b15-11-. The minimum Gasteiger partial charge on any atom is -0.273 e. The van der Waals surface area contributed by atoms with Gasteiger partial charge in [-0.25, -0.2) is 14.1 Å². The van der Waals surface area contributed by atoms with Crippen molar-refractivity contribution in [2.75, 3.05) is 4.90 Å². The molecule has 0 unspecified atom stereocenters. The zero-order valence-corrected chi connectivity index (χ0v) is 13.5. The summed E-state index contributed by atoms with van der Waals surface area (Å²) in [6.07, 6.45) is 1.96. The van der Waals surface area contributed by atoms with E-state index in [0.29, 0.717) is 5.69 Å². The molecule has 4 amide bonds. The van der Waals surface area contributed by atoms with Crippen LogP contribution < -0.4 is 10.2 Å². The van der Waals surface area contributed by atoms with Crippen LogP contribution in [0.2, 0.25) is 0 Å². The molecule has 0 aromatic heterocycles. The lowest BCUT2D eigenvalue weighted by atomic mass is 10.1. The summed E-state index contributed by atoms with van der Waals surface area (Å²) in [5, 5.41) is 2.11. The minimum atomic E-state index is -0.848. The first-order valence-corrected chi connectivity index (χ1v) is 7.76. The first-order chi connectivity index (χ1) is 12.0. The second-order valence-corrected chi connectivity index (χ2v) is 5.50. The van der Waals surface area contributed by atoms with E-state index >= 15 is 0 Å². The summed E-state index contributed by atoms with van der Waals surface area (Å²) < 4.78 is 13.8. The molecule has 0 bridgehead atoms. The van der Waals surface area contributed by atoms with Gasteiger partial charge in [0.2, 0.25) is 0 Å². The molecule has 0 aliphatic carbocycles. The third-order valence-electron chi connectivity index (χ3n) is 3.91. The van der Waals surface area contributed by atoms with Gasteiger partial charge in [0.15, 0.2) is 0 Å². The summed E-state index contributed by atoms with van der Waals surface area (Å²) in [6.45, 7) is 1.99. The molecule has 3 rings (SSSR count). The fourth-order valence-corrected chi connectivity index (χ4v) is 2.52. The van der Waals surface area contributed by atoms with Gasteiger partial charge in [0, 0.05) is 5.56 Å². The Balaban J connectivity index is 2.01. The number of carbonyl (C=O) groups excluding carboxylic acids is 3. The van der Waals surface area contributed by atoms with Crippen LogP contribution >= 0.6 is 0 Å². The van der Waals surface area contributed by atoms with E-state index in [1.54, 1.807) is 30.3 Å². The second-order valence-electron chi connectivity index (χ2n) is 5.50. The van der Waals surface area contributed by atoms with Gasteiger partial charge in [-0.15, -0.1) is 0 Å². The van der Waals surface area contributed by atoms with Crippen LogP contribution in [0.4, 0.5) is 14.9 Å². The van der Waals surface area contributed by atoms with Crippen molar-refractivity contribution in [2.24, 2.45) is 0 Å². The molecular formula is C19H15FN2O3. The number of urea groups is 1. The van der Waals surface area contributed by atoms with Gasteiger partial charge in [-0.3, -0.25) is 14.9 Å². The molecule has 0 spiro atoms. The van der Waals surface area contributed by atoms with Crippen molar-refractivity contribution in [3.63, 3.8) is 0 Å². The Morgan fingerprint density at radius 1 is 1.04 bits per heavy atom. The summed E-state index contributed by atoms with van der Waals surface area (Å²) in [7, 11) is 0. The molecule has 1 N–H and O–H groups in total. The maximum absolute atomic E-state index is 13.8. The molecule has 2 aromatic rings. The maximum atomic E-state index is 13.8. The largest absolute Gasteiger partial charge is 0.335 e. The highest BCUT2D eigenvalue weighted by Gasteiger charge is 2.36. The summed E-state index contributed by atoms with van der Waals surface area (Å²) in [6, 6.07) is 11.8. The molecule has 1 aliphatic heterocycles. The summed E-state index contributed by atoms with van der Waals surface area (Å²) in [5.41, 5.74) is 1.18. The lowest BCUT2D eigenvalue weighted by Crippen LogP contribution is -2.54. The number of hydrogen-bond acceptors (Lipinski definition) is 3. The fraction of sp³-hybridized carbons (Fsp3) is 0.105. The van der Waals surface area contributed by atoms with E-state index in [9.17, 15) is 18.8 Å². The number of carbonyl (C=O) groups is 3. The normalized spacial score (nSPS) is 16.3. The molecule has 6 heteroatoms. The zero-order valence-electron chi connectivity index (χ0n) is 13.5. The van der Waals surface area contributed by atoms with Crippen molar-refractivity contribution in [3.8, 4) is 0 Å². The lowest BCUT2D eigenvalue weighted by Gasteiger charge is -2.26. The van der Waals surface area contributed by atoms with Crippen LogP contribution in [-0.4, -0.2) is 17.8 Å². The Morgan fingerprint density at radius 3 is 2.36 bits per heavy atom. The third-order valence-corrected chi connectivity index (χ3v) is 3.91. The molecule has 1 heterocycles. The molecule has 0 atom stereocenters.